The van der Waals surface area contributed by atoms with Crippen LogP contribution in [0.5, 0.6) is 0 Å². The quantitative estimate of drug-likeness (QED) is 0.166. The zero-order valence-corrected chi connectivity index (χ0v) is 39.9. The summed E-state index contributed by atoms with van der Waals surface area (Å²) >= 11 is 0. The zero-order valence-electron chi connectivity index (χ0n) is 39.9. The van der Waals surface area contributed by atoms with Gasteiger partial charge in [0.1, 0.15) is 33.7 Å². The summed E-state index contributed by atoms with van der Waals surface area (Å²) in [5.74, 6) is 0.861. The first kappa shape index (κ1) is 39.7. The van der Waals surface area contributed by atoms with Crippen molar-refractivity contribution in [2.75, 3.05) is 4.81 Å². The van der Waals surface area contributed by atoms with Gasteiger partial charge in [0.25, 0.3) is 0 Å². The normalized spacial score (nSPS) is 13.5. The van der Waals surface area contributed by atoms with E-state index in [2.05, 4.69) is 227 Å². The Bertz CT molecular complexity index is 4370. The number of fused-ring (bicyclic) bond motifs is 17. The number of hydrogen-bond donors (Lipinski definition) is 0. The lowest BCUT2D eigenvalue weighted by molar-refractivity contribution is 0.590. The average molecular weight is 903 g/mol. The summed E-state index contributed by atoms with van der Waals surface area (Å²) in [6.45, 7) is 13.5. The SMILES string of the molecule is CC(C)(C)c1ccc(N2B3c4cc5oc(-c6ccccc6)c(-c6ccccc6)c5cc4-n4c5ccc(C(C)(C)C)cc5c5c6c(oc7ccccc76)c(c3c54)-c3cc4c(cc32)oc2ccccc24)cc1. The van der Waals surface area contributed by atoms with Crippen LogP contribution in [0.15, 0.2) is 189 Å². The molecule has 0 spiro atoms. The predicted octanol–water partition coefficient (Wildman–Crippen LogP) is 16.5. The lowest BCUT2D eigenvalue weighted by Gasteiger charge is -2.42. The van der Waals surface area contributed by atoms with E-state index in [-0.39, 0.29) is 17.7 Å². The molecule has 2 aliphatic heterocycles. The molecule has 13 aromatic rings. The first-order chi connectivity index (χ1) is 34.0. The summed E-state index contributed by atoms with van der Waals surface area (Å²) < 4.78 is 23.9. The minimum absolute atomic E-state index is 0.0213. The van der Waals surface area contributed by atoms with Crippen LogP contribution in [0.25, 0.3) is 116 Å². The van der Waals surface area contributed by atoms with Crippen molar-refractivity contribution in [2.45, 2.75) is 52.4 Å². The van der Waals surface area contributed by atoms with Crippen molar-refractivity contribution in [1.82, 2.24) is 4.57 Å². The highest BCUT2D eigenvalue weighted by molar-refractivity contribution is 6.94. The van der Waals surface area contributed by atoms with Gasteiger partial charge in [-0.15, -0.1) is 0 Å². The summed E-state index contributed by atoms with van der Waals surface area (Å²) in [4.78, 5) is 2.58. The summed E-state index contributed by atoms with van der Waals surface area (Å²) in [6.07, 6.45) is 0. The van der Waals surface area contributed by atoms with Crippen LogP contribution in [0.3, 0.4) is 0 Å². The van der Waals surface area contributed by atoms with E-state index in [1.54, 1.807) is 0 Å². The third-order valence-electron chi connectivity index (χ3n) is 15.5. The molecule has 0 saturated carbocycles. The zero-order chi connectivity index (χ0) is 46.9. The van der Waals surface area contributed by atoms with Crippen molar-refractivity contribution >= 4 is 106 Å². The summed E-state index contributed by atoms with van der Waals surface area (Å²) in [7, 11) is 0. The molecule has 0 N–H and O–H groups in total. The number of benzene rings is 9. The predicted molar refractivity (Wildman–Crippen MR) is 292 cm³/mol. The minimum atomic E-state index is -0.298. The standard InChI is InChI=1S/C64H47BN2O3/c1-63(2,3)38-25-28-40(29-26-38)67-49-35-54-43(41-21-13-15-23-51(41)68-54)32-45(49)58-59-60-56(57-42-22-14-16-24-52(42)69-62(57)58)44-31-39(64(4,5)6)27-30-48(44)66(60)50-33-46-53(34-47(50)65(59)67)70-61(37-19-11-8-12-20-37)55(46)36-17-9-7-10-18-36/h7-35H,1-6H3. The third-order valence-corrected chi connectivity index (χ3v) is 15.5. The molecule has 0 bridgehead atoms. The van der Waals surface area contributed by atoms with Gasteiger partial charge in [0, 0.05) is 83.1 Å². The van der Waals surface area contributed by atoms with Crippen molar-refractivity contribution in [2.24, 2.45) is 0 Å². The Morgan fingerprint density at radius 2 is 1.09 bits per heavy atom. The van der Waals surface area contributed by atoms with Gasteiger partial charge in [0.15, 0.2) is 0 Å². The molecule has 0 saturated heterocycles. The molecule has 70 heavy (non-hydrogen) atoms. The van der Waals surface area contributed by atoms with Gasteiger partial charge in [-0.05, 0) is 93.0 Å². The van der Waals surface area contributed by atoms with E-state index < -0.39 is 0 Å². The van der Waals surface area contributed by atoms with Crippen molar-refractivity contribution in [3.05, 3.63) is 187 Å². The highest BCUT2D eigenvalue weighted by atomic mass is 16.3. The first-order valence-corrected chi connectivity index (χ1v) is 24.5. The van der Waals surface area contributed by atoms with Gasteiger partial charge in [-0.1, -0.05) is 157 Å². The summed E-state index contributed by atoms with van der Waals surface area (Å²) in [5.41, 5.74) is 20.3. The molecule has 6 heteroatoms. The fraction of sp³-hybridized carbons (Fsp3) is 0.125. The van der Waals surface area contributed by atoms with Crippen molar-refractivity contribution in [1.29, 1.82) is 0 Å². The van der Waals surface area contributed by atoms with Crippen LogP contribution in [0, 0.1) is 0 Å². The Kier molecular flexibility index (Phi) is 7.80. The van der Waals surface area contributed by atoms with E-state index >= 15 is 0 Å². The van der Waals surface area contributed by atoms with E-state index in [0.29, 0.717) is 0 Å². The second-order valence-electron chi connectivity index (χ2n) is 21.6. The molecular formula is C64H47BN2O3. The van der Waals surface area contributed by atoms with E-state index in [4.69, 9.17) is 13.3 Å². The highest BCUT2D eigenvalue weighted by Crippen LogP contribution is 2.53. The van der Waals surface area contributed by atoms with Crippen LogP contribution in [0.2, 0.25) is 0 Å². The number of rotatable bonds is 3. The maximum Gasteiger partial charge on any atom is 0.333 e. The van der Waals surface area contributed by atoms with Crippen LogP contribution in [0.4, 0.5) is 11.4 Å². The number of hydrogen-bond acceptors (Lipinski definition) is 4. The fourth-order valence-corrected chi connectivity index (χ4v) is 12.1. The molecule has 0 fully saturated rings. The molecule has 0 amide bonds. The van der Waals surface area contributed by atoms with Crippen molar-refractivity contribution in [3.63, 3.8) is 0 Å². The molecular weight excluding hydrogens is 856 g/mol. The van der Waals surface area contributed by atoms with E-state index in [1.165, 1.54) is 38.4 Å². The number of anilines is 2. The Morgan fingerprint density at radius 1 is 0.443 bits per heavy atom. The second kappa shape index (κ2) is 13.7. The van der Waals surface area contributed by atoms with Gasteiger partial charge in [0.05, 0.1) is 11.0 Å². The minimum Gasteiger partial charge on any atom is -0.456 e. The summed E-state index contributed by atoms with van der Waals surface area (Å²) in [5, 5.41) is 7.95. The Hall–Kier alpha value is -8.22. The van der Waals surface area contributed by atoms with E-state index in [9.17, 15) is 0 Å². The Labute approximate surface area is 405 Å². The van der Waals surface area contributed by atoms with Gasteiger partial charge >= 0.3 is 6.85 Å². The lowest BCUT2D eigenvalue weighted by atomic mass is 9.43. The maximum atomic E-state index is 7.32. The van der Waals surface area contributed by atoms with Crippen LogP contribution in [0.1, 0.15) is 52.7 Å². The van der Waals surface area contributed by atoms with Crippen LogP contribution in [-0.4, -0.2) is 11.4 Å². The largest absolute Gasteiger partial charge is 0.456 e. The number of nitrogens with zero attached hydrogens (tertiary/aromatic N) is 2. The Balaban J connectivity index is 1.17. The first-order valence-electron chi connectivity index (χ1n) is 24.5. The molecule has 334 valence electrons. The fourth-order valence-electron chi connectivity index (χ4n) is 12.1. The van der Waals surface area contributed by atoms with Gasteiger partial charge < -0.3 is 22.6 Å². The van der Waals surface area contributed by atoms with E-state index in [0.717, 1.165) is 111 Å². The van der Waals surface area contributed by atoms with Crippen LogP contribution in [-0.2, 0) is 10.8 Å². The maximum absolute atomic E-state index is 7.32. The van der Waals surface area contributed by atoms with Crippen molar-refractivity contribution in [3.8, 4) is 39.3 Å². The average Bonchev–Trinajstić information content (AvgIpc) is 4.14. The topological polar surface area (TPSA) is 47.6 Å². The molecule has 5 nitrogen and oxygen atoms in total. The van der Waals surface area contributed by atoms with Gasteiger partial charge in [-0.25, -0.2) is 0 Å². The number of para-hydroxylation sites is 2. The smallest absolute Gasteiger partial charge is 0.333 e. The molecule has 4 aromatic heterocycles. The number of furan rings is 3. The molecule has 6 heterocycles. The summed E-state index contributed by atoms with van der Waals surface area (Å²) in [6, 6.07) is 64.2. The lowest BCUT2D eigenvalue weighted by Crippen LogP contribution is -2.60. The molecule has 0 unspecified atom stereocenters. The number of aromatic nitrogens is 1. The molecule has 0 atom stereocenters. The van der Waals surface area contributed by atoms with Crippen molar-refractivity contribution < 1.29 is 13.3 Å². The molecule has 9 aromatic carbocycles. The van der Waals surface area contributed by atoms with Gasteiger partial charge in [0.2, 0.25) is 0 Å². The highest BCUT2D eigenvalue weighted by Gasteiger charge is 2.47. The third kappa shape index (κ3) is 5.34. The Morgan fingerprint density at radius 3 is 1.81 bits per heavy atom. The van der Waals surface area contributed by atoms with Gasteiger partial charge in [-0.2, -0.15) is 0 Å². The second-order valence-corrected chi connectivity index (χ2v) is 21.6. The monoisotopic (exact) mass is 902 g/mol. The molecule has 0 aliphatic carbocycles. The van der Waals surface area contributed by atoms with Gasteiger partial charge in [-0.3, -0.25) is 0 Å². The molecule has 0 radical (unpaired) electrons. The van der Waals surface area contributed by atoms with Crippen LogP contribution < -0.4 is 15.7 Å². The van der Waals surface area contributed by atoms with E-state index in [1.807, 2.05) is 0 Å². The van der Waals surface area contributed by atoms with Crippen LogP contribution >= 0.6 is 0 Å². The molecule has 15 rings (SSSR count). The molecule has 2 aliphatic rings.